The maximum absolute atomic E-state index is 12.0. The number of sulfonamides is 1. The third-order valence-corrected chi connectivity index (χ3v) is 4.67. The van der Waals surface area contributed by atoms with Crippen LogP contribution >= 0.6 is 31.9 Å². The molecular formula is C11H15Br2NO2S. The Kier molecular flexibility index (Phi) is 5.63. The molecule has 1 rings (SSSR count). The second-order valence-electron chi connectivity index (χ2n) is 3.99. The van der Waals surface area contributed by atoms with Crippen molar-refractivity contribution < 1.29 is 8.42 Å². The van der Waals surface area contributed by atoms with Gasteiger partial charge in [0.05, 0.1) is 4.90 Å². The summed E-state index contributed by atoms with van der Waals surface area (Å²) in [4.78, 5) is 0.569. The summed E-state index contributed by atoms with van der Waals surface area (Å²) in [5.74, 6) is 0. The van der Waals surface area contributed by atoms with Crippen LogP contribution < -0.4 is 4.72 Å². The van der Waals surface area contributed by atoms with Crippen molar-refractivity contribution in [2.45, 2.75) is 36.0 Å². The second-order valence-corrected chi connectivity index (χ2v) is 8.19. The second kappa shape index (κ2) is 6.31. The maximum Gasteiger partial charge on any atom is 0.240 e. The molecule has 0 fully saturated rings. The number of alkyl halides is 1. The third-order valence-electron chi connectivity index (χ3n) is 2.16. The van der Waals surface area contributed by atoms with E-state index in [0.29, 0.717) is 0 Å². The van der Waals surface area contributed by atoms with E-state index in [9.17, 15) is 8.42 Å². The van der Waals surface area contributed by atoms with Crippen LogP contribution in [0.5, 0.6) is 0 Å². The summed E-state index contributed by atoms with van der Waals surface area (Å²) in [5, 5.41) is 0. The van der Waals surface area contributed by atoms with Gasteiger partial charge >= 0.3 is 0 Å². The molecule has 0 radical (unpaired) electrons. The predicted octanol–water partition coefficient (Wildman–Crippen LogP) is 3.29. The molecule has 3 nitrogen and oxygen atoms in total. The molecular weight excluding hydrogens is 370 g/mol. The fourth-order valence-corrected chi connectivity index (χ4v) is 3.56. The molecule has 0 aromatic heterocycles. The van der Waals surface area contributed by atoms with E-state index < -0.39 is 10.0 Å². The van der Waals surface area contributed by atoms with Crippen molar-refractivity contribution in [3.8, 4) is 0 Å². The van der Waals surface area contributed by atoms with Crippen LogP contribution in [-0.4, -0.2) is 19.3 Å². The van der Waals surface area contributed by atoms with Crippen molar-refractivity contribution >= 4 is 41.9 Å². The van der Waals surface area contributed by atoms with E-state index in [1.54, 1.807) is 24.3 Å². The van der Waals surface area contributed by atoms with Gasteiger partial charge in [0.25, 0.3) is 0 Å². The molecule has 2 atom stereocenters. The Morgan fingerprint density at radius 1 is 1.24 bits per heavy atom. The van der Waals surface area contributed by atoms with Crippen LogP contribution in [0.15, 0.2) is 33.6 Å². The lowest BCUT2D eigenvalue weighted by Gasteiger charge is -2.15. The lowest BCUT2D eigenvalue weighted by molar-refractivity contribution is 0.548. The maximum atomic E-state index is 12.0. The van der Waals surface area contributed by atoms with Crippen molar-refractivity contribution in [1.82, 2.24) is 4.72 Å². The highest BCUT2D eigenvalue weighted by molar-refractivity contribution is 9.10. The number of halogens is 2. The molecule has 1 aromatic rings. The van der Waals surface area contributed by atoms with Gasteiger partial charge in [-0.3, -0.25) is 0 Å². The molecule has 6 heteroatoms. The summed E-state index contributed by atoms with van der Waals surface area (Å²) in [6.07, 6.45) is 0.746. The standard InChI is InChI=1S/C11H15Br2NO2S/c1-8(12)7-9(2)14-17(15,16)11-5-3-10(13)4-6-11/h3-6,8-9,14H,7H2,1-2H3. The lowest BCUT2D eigenvalue weighted by Crippen LogP contribution is -2.33. The fourth-order valence-electron chi connectivity index (χ4n) is 1.48. The van der Waals surface area contributed by atoms with Gasteiger partial charge in [0.2, 0.25) is 10.0 Å². The predicted molar refractivity (Wildman–Crippen MR) is 76.9 cm³/mol. The molecule has 0 bridgehead atoms. The molecule has 96 valence electrons. The molecule has 0 amide bonds. The summed E-state index contributed by atoms with van der Waals surface area (Å²) in [5.41, 5.74) is 0. The molecule has 2 unspecified atom stereocenters. The van der Waals surface area contributed by atoms with Gasteiger partial charge in [0.1, 0.15) is 0 Å². The van der Waals surface area contributed by atoms with Crippen LogP contribution in [0, 0.1) is 0 Å². The molecule has 0 heterocycles. The topological polar surface area (TPSA) is 46.2 Å². The van der Waals surface area contributed by atoms with Crippen LogP contribution in [0.2, 0.25) is 0 Å². The number of benzene rings is 1. The molecule has 0 aliphatic heterocycles. The van der Waals surface area contributed by atoms with Crippen molar-refractivity contribution in [1.29, 1.82) is 0 Å². The van der Waals surface area contributed by atoms with Crippen LogP contribution in [0.3, 0.4) is 0 Å². The first-order chi connectivity index (χ1) is 7.81. The molecule has 0 saturated heterocycles. The Labute approximate surface area is 119 Å². The van der Waals surface area contributed by atoms with Crippen molar-refractivity contribution in [3.63, 3.8) is 0 Å². The molecule has 1 N–H and O–H groups in total. The summed E-state index contributed by atoms with van der Waals surface area (Å²) in [7, 11) is -3.41. The van der Waals surface area contributed by atoms with Gasteiger partial charge in [0.15, 0.2) is 0 Å². The number of nitrogens with one attached hydrogen (secondary N) is 1. The molecule has 0 aliphatic rings. The monoisotopic (exact) mass is 383 g/mol. The first-order valence-electron chi connectivity index (χ1n) is 5.23. The minimum absolute atomic E-state index is 0.0991. The van der Waals surface area contributed by atoms with Crippen molar-refractivity contribution in [3.05, 3.63) is 28.7 Å². The summed E-state index contributed by atoms with van der Waals surface area (Å²) < 4.78 is 27.5. The first-order valence-corrected chi connectivity index (χ1v) is 8.42. The Balaban J connectivity index is 2.78. The van der Waals surface area contributed by atoms with E-state index in [2.05, 4.69) is 36.6 Å². The molecule has 0 aliphatic carbocycles. The zero-order chi connectivity index (χ0) is 13.1. The van der Waals surface area contributed by atoms with Crippen LogP contribution in [-0.2, 0) is 10.0 Å². The summed E-state index contributed by atoms with van der Waals surface area (Å²) >= 11 is 6.68. The average Bonchev–Trinajstić information content (AvgIpc) is 2.15. The summed E-state index contributed by atoms with van der Waals surface area (Å²) in [6, 6.07) is 6.49. The van der Waals surface area contributed by atoms with E-state index >= 15 is 0 Å². The fraction of sp³-hybridized carbons (Fsp3) is 0.455. The number of rotatable bonds is 5. The van der Waals surface area contributed by atoms with E-state index in [1.165, 1.54) is 0 Å². The third kappa shape index (κ3) is 5.07. The normalized spacial score (nSPS) is 15.5. The Hall–Kier alpha value is 0.0900. The summed E-state index contributed by atoms with van der Waals surface area (Å²) in [6.45, 7) is 3.85. The molecule has 0 spiro atoms. The van der Waals surface area contributed by atoms with Gasteiger partial charge in [-0.25, -0.2) is 13.1 Å². The lowest BCUT2D eigenvalue weighted by atomic mass is 10.2. The Bertz CT molecular complexity index is 457. The van der Waals surface area contributed by atoms with Crippen molar-refractivity contribution in [2.75, 3.05) is 0 Å². The van der Waals surface area contributed by atoms with Crippen LogP contribution in [0.1, 0.15) is 20.3 Å². The van der Waals surface area contributed by atoms with Gasteiger partial charge in [-0.15, -0.1) is 0 Å². The zero-order valence-electron chi connectivity index (χ0n) is 9.65. The largest absolute Gasteiger partial charge is 0.240 e. The molecule has 17 heavy (non-hydrogen) atoms. The van der Waals surface area contributed by atoms with Gasteiger partial charge in [-0.2, -0.15) is 0 Å². The molecule has 0 saturated carbocycles. The van der Waals surface area contributed by atoms with E-state index in [0.717, 1.165) is 10.9 Å². The first kappa shape index (κ1) is 15.1. The smallest absolute Gasteiger partial charge is 0.208 e. The molecule has 1 aromatic carbocycles. The van der Waals surface area contributed by atoms with Crippen molar-refractivity contribution in [2.24, 2.45) is 0 Å². The van der Waals surface area contributed by atoms with Gasteiger partial charge in [0, 0.05) is 15.3 Å². The van der Waals surface area contributed by atoms with E-state index in [1.807, 2.05) is 13.8 Å². The highest BCUT2D eigenvalue weighted by Gasteiger charge is 2.17. The van der Waals surface area contributed by atoms with Gasteiger partial charge in [-0.05, 0) is 37.6 Å². The Morgan fingerprint density at radius 2 is 1.76 bits per heavy atom. The van der Waals surface area contributed by atoms with E-state index in [4.69, 9.17) is 0 Å². The van der Waals surface area contributed by atoms with Gasteiger partial charge in [-0.1, -0.05) is 38.8 Å². The quantitative estimate of drug-likeness (QED) is 0.791. The highest BCUT2D eigenvalue weighted by Crippen LogP contribution is 2.16. The van der Waals surface area contributed by atoms with E-state index in [-0.39, 0.29) is 15.8 Å². The number of hydrogen-bond acceptors (Lipinski definition) is 2. The van der Waals surface area contributed by atoms with Gasteiger partial charge < -0.3 is 0 Å². The average molecular weight is 385 g/mol. The minimum Gasteiger partial charge on any atom is -0.208 e. The SMILES string of the molecule is CC(Br)CC(C)NS(=O)(=O)c1ccc(Br)cc1. The minimum atomic E-state index is -3.41. The highest BCUT2D eigenvalue weighted by atomic mass is 79.9. The Morgan fingerprint density at radius 3 is 2.24 bits per heavy atom. The van der Waals surface area contributed by atoms with Crippen LogP contribution in [0.4, 0.5) is 0 Å². The number of hydrogen-bond donors (Lipinski definition) is 1. The van der Waals surface area contributed by atoms with Crippen LogP contribution in [0.25, 0.3) is 0 Å². The zero-order valence-corrected chi connectivity index (χ0v) is 13.6.